The number of nitrogens with one attached hydrogen (secondary N) is 1. The maximum atomic E-state index is 13.9. The zero-order valence-corrected chi connectivity index (χ0v) is 24.2. The third-order valence-corrected chi connectivity index (χ3v) is 8.30. The Labute approximate surface area is 232 Å². The van der Waals surface area contributed by atoms with Crippen LogP contribution in [0.15, 0.2) is 83.8 Å². The fourth-order valence-electron chi connectivity index (χ4n) is 4.17. The second kappa shape index (κ2) is 13.4. The van der Waals surface area contributed by atoms with Gasteiger partial charge in [0.05, 0.1) is 10.6 Å². The normalized spacial score (nSPS) is 12.2. The van der Waals surface area contributed by atoms with E-state index in [1.165, 1.54) is 4.90 Å². The minimum absolute atomic E-state index is 0.0981. The van der Waals surface area contributed by atoms with Gasteiger partial charge in [0.15, 0.2) is 0 Å². The molecule has 0 spiro atoms. The van der Waals surface area contributed by atoms with Gasteiger partial charge in [0.1, 0.15) is 12.6 Å². The number of aryl methyl sites for hydroxylation is 2. The summed E-state index contributed by atoms with van der Waals surface area (Å²) >= 11 is 0. The van der Waals surface area contributed by atoms with Gasteiger partial charge in [-0.15, -0.1) is 0 Å². The molecule has 0 unspecified atom stereocenters. The van der Waals surface area contributed by atoms with Crippen molar-refractivity contribution in [2.24, 2.45) is 5.92 Å². The van der Waals surface area contributed by atoms with E-state index in [0.717, 1.165) is 21.0 Å². The Balaban J connectivity index is 1.96. The largest absolute Gasteiger partial charge is 0.354 e. The average molecular weight is 550 g/mol. The van der Waals surface area contributed by atoms with Crippen LogP contribution in [0.2, 0.25) is 0 Å². The van der Waals surface area contributed by atoms with Gasteiger partial charge in [0.25, 0.3) is 10.0 Å². The number of carbonyl (C=O) groups excluding carboxylic acids is 2. The van der Waals surface area contributed by atoms with Crippen LogP contribution in [0.4, 0.5) is 5.69 Å². The lowest BCUT2D eigenvalue weighted by Crippen LogP contribution is -2.52. The van der Waals surface area contributed by atoms with Crippen molar-refractivity contribution in [3.63, 3.8) is 0 Å². The van der Waals surface area contributed by atoms with Crippen LogP contribution in [-0.4, -0.2) is 50.8 Å². The quantitative estimate of drug-likeness (QED) is 0.354. The number of anilines is 1. The zero-order valence-electron chi connectivity index (χ0n) is 23.4. The van der Waals surface area contributed by atoms with Crippen LogP contribution in [-0.2, 0) is 26.0 Å². The van der Waals surface area contributed by atoms with Crippen LogP contribution >= 0.6 is 0 Å². The van der Waals surface area contributed by atoms with Gasteiger partial charge >= 0.3 is 0 Å². The maximum absolute atomic E-state index is 13.9. The van der Waals surface area contributed by atoms with Crippen LogP contribution in [0.5, 0.6) is 0 Å². The summed E-state index contributed by atoms with van der Waals surface area (Å²) in [4.78, 5) is 28.5. The number of rotatable bonds is 12. The molecule has 3 rings (SSSR count). The van der Waals surface area contributed by atoms with Gasteiger partial charge in [-0.1, -0.05) is 74.0 Å². The van der Waals surface area contributed by atoms with Crippen LogP contribution in [0.3, 0.4) is 0 Å². The van der Waals surface area contributed by atoms with E-state index >= 15 is 0 Å². The van der Waals surface area contributed by atoms with Gasteiger partial charge in [0, 0.05) is 13.1 Å². The van der Waals surface area contributed by atoms with Crippen molar-refractivity contribution in [2.75, 3.05) is 23.9 Å². The predicted molar refractivity (Wildman–Crippen MR) is 156 cm³/mol. The van der Waals surface area contributed by atoms with Gasteiger partial charge in [-0.2, -0.15) is 0 Å². The molecule has 0 aromatic heterocycles. The van der Waals surface area contributed by atoms with Gasteiger partial charge in [-0.3, -0.25) is 13.9 Å². The standard InChI is InChI=1S/C31H39N3O4S/c1-23(2)21-32-31(36)26(5)33(19-18-27-11-7-6-8-12-27)30(35)22-34(28-13-9-10-25(4)20-28)39(37,38)29-16-14-24(3)15-17-29/h6-17,20,23,26H,18-19,21-22H2,1-5H3,(H,32,36)/t26-/m0/s1. The van der Waals surface area contributed by atoms with E-state index in [2.05, 4.69) is 5.32 Å². The molecule has 0 aliphatic rings. The van der Waals surface area contributed by atoms with Crippen molar-refractivity contribution in [2.45, 2.75) is 52.0 Å². The van der Waals surface area contributed by atoms with Gasteiger partial charge in [0.2, 0.25) is 11.8 Å². The van der Waals surface area contributed by atoms with E-state index in [1.54, 1.807) is 49.4 Å². The van der Waals surface area contributed by atoms with Gasteiger partial charge in [-0.05, 0) is 68.5 Å². The van der Waals surface area contributed by atoms with Crippen molar-refractivity contribution in [3.05, 3.63) is 95.6 Å². The van der Waals surface area contributed by atoms with E-state index in [-0.39, 0.29) is 23.3 Å². The summed E-state index contributed by atoms with van der Waals surface area (Å²) in [6.07, 6.45) is 0.531. The summed E-state index contributed by atoms with van der Waals surface area (Å²) in [5, 5.41) is 2.90. The number of benzene rings is 3. The fraction of sp³-hybridized carbons (Fsp3) is 0.355. The number of nitrogens with zero attached hydrogens (tertiary/aromatic N) is 2. The third-order valence-electron chi connectivity index (χ3n) is 6.51. The lowest BCUT2D eigenvalue weighted by atomic mass is 10.1. The maximum Gasteiger partial charge on any atom is 0.264 e. The minimum Gasteiger partial charge on any atom is -0.354 e. The molecule has 0 aliphatic heterocycles. The molecule has 0 fully saturated rings. The second-order valence-corrected chi connectivity index (χ2v) is 12.2. The molecule has 3 aromatic rings. The van der Waals surface area contributed by atoms with Crippen molar-refractivity contribution in [1.29, 1.82) is 0 Å². The molecule has 0 heterocycles. The minimum atomic E-state index is -4.07. The molecule has 8 heteroatoms. The highest BCUT2D eigenvalue weighted by atomic mass is 32.2. The SMILES string of the molecule is Cc1ccc(S(=O)(=O)N(CC(=O)N(CCc2ccccc2)[C@@H](C)C(=O)NCC(C)C)c2cccc(C)c2)cc1. The number of hydrogen-bond acceptors (Lipinski definition) is 4. The molecule has 1 atom stereocenters. The van der Waals surface area contributed by atoms with E-state index in [4.69, 9.17) is 0 Å². The van der Waals surface area contributed by atoms with Gasteiger partial charge in [-0.25, -0.2) is 8.42 Å². The molecular formula is C31H39N3O4S. The van der Waals surface area contributed by atoms with Crippen molar-refractivity contribution < 1.29 is 18.0 Å². The highest BCUT2D eigenvalue weighted by Crippen LogP contribution is 2.25. The number of sulfonamides is 1. The second-order valence-electron chi connectivity index (χ2n) is 10.3. The smallest absolute Gasteiger partial charge is 0.264 e. The van der Waals surface area contributed by atoms with E-state index in [9.17, 15) is 18.0 Å². The molecule has 0 aliphatic carbocycles. The number of carbonyl (C=O) groups is 2. The summed E-state index contributed by atoms with van der Waals surface area (Å²) < 4.78 is 28.8. The highest BCUT2D eigenvalue weighted by Gasteiger charge is 2.32. The Morgan fingerprint density at radius 1 is 0.846 bits per heavy atom. The number of hydrogen-bond donors (Lipinski definition) is 1. The lowest BCUT2D eigenvalue weighted by molar-refractivity contribution is -0.138. The van der Waals surface area contributed by atoms with Crippen molar-refractivity contribution >= 4 is 27.5 Å². The van der Waals surface area contributed by atoms with E-state index in [0.29, 0.717) is 18.7 Å². The molecule has 208 valence electrons. The Bertz CT molecular complexity index is 1360. The summed E-state index contributed by atoms with van der Waals surface area (Å²) in [5.74, 6) is -0.463. The molecule has 1 N–H and O–H groups in total. The first-order valence-electron chi connectivity index (χ1n) is 13.3. The fourth-order valence-corrected chi connectivity index (χ4v) is 5.58. The monoisotopic (exact) mass is 549 g/mol. The van der Waals surface area contributed by atoms with Crippen LogP contribution in [0.1, 0.15) is 37.5 Å². The topological polar surface area (TPSA) is 86.8 Å². The first-order chi connectivity index (χ1) is 18.5. The Kier molecular flexibility index (Phi) is 10.3. The van der Waals surface area contributed by atoms with E-state index in [1.807, 2.05) is 64.1 Å². The molecule has 0 radical (unpaired) electrons. The molecule has 39 heavy (non-hydrogen) atoms. The first kappa shape index (κ1) is 29.9. The van der Waals surface area contributed by atoms with Crippen molar-refractivity contribution in [1.82, 2.24) is 10.2 Å². The Morgan fingerprint density at radius 2 is 1.51 bits per heavy atom. The molecule has 0 saturated heterocycles. The Morgan fingerprint density at radius 3 is 2.13 bits per heavy atom. The highest BCUT2D eigenvalue weighted by molar-refractivity contribution is 7.92. The first-order valence-corrected chi connectivity index (χ1v) is 14.7. The van der Waals surface area contributed by atoms with E-state index < -0.39 is 28.5 Å². The average Bonchev–Trinajstić information content (AvgIpc) is 2.91. The zero-order chi connectivity index (χ0) is 28.6. The molecule has 0 saturated carbocycles. The molecule has 2 amide bonds. The van der Waals surface area contributed by atoms with Crippen LogP contribution in [0, 0.1) is 19.8 Å². The molecule has 0 bridgehead atoms. The molecular weight excluding hydrogens is 510 g/mol. The van der Waals surface area contributed by atoms with Crippen LogP contribution < -0.4 is 9.62 Å². The lowest BCUT2D eigenvalue weighted by Gasteiger charge is -2.32. The summed E-state index contributed by atoms with van der Waals surface area (Å²) in [7, 11) is -4.07. The molecule has 3 aromatic carbocycles. The summed E-state index contributed by atoms with van der Waals surface area (Å²) in [6.45, 7) is 9.76. The summed E-state index contributed by atoms with van der Waals surface area (Å²) in [6, 6.07) is 22.5. The third kappa shape index (κ3) is 8.17. The predicted octanol–water partition coefficient (Wildman–Crippen LogP) is 4.73. The molecule has 7 nitrogen and oxygen atoms in total. The van der Waals surface area contributed by atoms with Crippen molar-refractivity contribution in [3.8, 4) is 0 Å². The summed E-state index contributed by atoms with van der Waals surface area (Å²) in [5.41, 5.74) is 3.21. The van der Waals surface area contributed by atoms with Gasteiger partial charge < -0.3 is 10.2 Å². The Hall–Kier alpha value is -3.65. The number of amides is 2. The van der Waals surface area contributed by atoms with Crippen LogP contribution in [0.25, 0.3) is 0 Å².